The van der Waals surface area contributed by atoms with Crippen molar-refractivity contribution in [2.24, 2.45) is 0 Å². The molecule has 0 aromatic heterocycles. The van der Waals surface area contributed by atoms with Crippen LogP contribution in [-0.2, 0) is 9.59 Å². The van der Waals surface area contributed by atoms with Crippen LogP contribution in [0.25, 0.3) is 0 Å². The number of carbonyl (C=O) groups is 2. The Bertz CT molecular complexity index is 758. The molecule has 0 saturated carbocycles. The first-order chi connectivity index (χ1) is 14.3. The van der Waals surface area contributed by atoms with Gasteiger partial charge in [0.15, 0.2) is 23.0 Å². The first kappa shape index (κ1) is 23.3. The van der Waals surface area contributed by atoms with E-state index in [9.17, 15) is 9.59 Å². The Morgan fingerprint density at radius 3 is 1.30 bits per heavy atom. The van der Waals surface area contributed by atoms with Gasteiger partial charge < -0.3 is 18.9 Å². The van der Waals surface area contributed by atoms with Crippen molar-refractivity contribution in [2.45, 2.75) is 65.6 Å². The molecular weight excluding hydrogens is 384 g/mol. The number of hydrogen-bond donors (Lipinski definition) is 0. The number of carbonyl (C=O) groups excluding carboxylic acids is 2. The summed E-state index contributed by atoms with van der Waals surface area (Å²) in [5.74, 6) is 1.14. The van der Waals surface area contributed by atoms with Crippen molar-refractivity contribution in [2.75, 3.05) is 0 Å². The molecule has 0 amide bonds. The molecule has 0 fully saturated rings. The van der Waals surface area contributed by atoms with E-state index in [0.29, 0.717) is 35.8 Å². The molecule has 0 bridgehead atoms. The van der Waals surface area contributed by atoms with Gasteiger partial charge >= 0.3 is 11.9 Å². The highest BCUT2D eigenvalue weighted by Crippen LogP contribution is 2.29. The first-order valence-corrected chi connectivity index (χ1v) is 10.3. The van der Waals surface area contributed by atoms with E-state index in [-0.39, 0.29) is 37.0 Å². The molecule has 6 nitrogen and oxygen atoms in total. The third kappa shape index (κ3) is 8.15. The summed E-state index contributed by atoms with van der Waals surface area (Å²) < 4.78 is 22.1. The minimum Gasteiger partial charge on any atom is -0.487 e. The zero-order chi connectivity index (χ0) is 21.9. The molecule has 2 aromatic carbocycles. The molecule has 0 aliphatic carbocycles. The predicted octanol–water partition coefficient (Wildman–Crippen LogP) is 5.33. The van der Waals surface area contributed by atoms with Crippen molar-refractivity contribution in [3.8, 4) is 23.0 Å². The summed E-state index contributed by atoms with van der Waals surface area (Å²) in [7, 11) is 0. The minimum absolute atomic E-state index is 0.0214. The van der Waals surface area contributed by atoms with Gasteiger partial charge in [0.2, 0.25) is 0 Å². The molecule has 0 radical (unpaired) electrons. The van der Waals surface area contributed by atoms with Gasteiger partial charge in [-0.15, -0.1) is 0 Å². The lowest BCUT2D eigenvalue weighted by atomic mass is 10.2. The van der Waals surface area contributed by atoms with Crippen LogP contribution in [0.5, 0.6) is 23.0 Å². The summed E-state index contributed by atoms with van der Waals surface area (Å²) in [4.78, 5) is 24.2. The van der Waals surface area contributed by atoms with Crippen LogP contribution in [0.1, 0.15) is 53.4 Å². The summed E-state index contributed by atoms with van der Waals surface area (Å²) in [6.45, 7) is 7.63. The Morgan fingerprint density at radius 1 is 0.633 bits per heavy atom. The largest absolute Gasteiger partial charge is 0.487 e. The van der Waals surface area contributed by atoms with E-state index in [1.54, 1.807) is 36.4 Å². The van der Waals surface area contributed by atoms with Crippen LogP contribution in [0.15, 0.2) is 48.5 Å². The summed E-state index contributed by atoms with van der Waals surface area (Å²) in [5, 5.41) is 0. The van der Waals surface area contributed by atoms with E-state index in [1.807, 2.05) is 39.8 Å². The molecular formula is C24H30O6. The monoisotopic (exact) mass is 414 g/mol. The van der Waals surface area contributed by atoms with Crippen molar-refractivity contribution in [3.05, 3.63) is 48.5 Å². The van der Waals surface area contributed by atoms with Crippen molar-refractivity contribution >= 4 is 11.9 Å². The highest BCUT2D eigenvalue weighted by molar-refractivity contribution is 5.74. The molecule has 0 N–H and O–H groups in total. The first-order valence-electron chi connectivity index (χ1n) is 10.3. The van der Waals surface area contributed by atoms with Crippen LogP contribution in [0, 0.1) is 0 Å². The molecule has 0 spiro atoms. The van der Waals surface area contributed by atoms with Crippen LogP contribution in [0.4, 0.5) is 0 Å². The molecule has 0 aliphatic heterocycles. The summed E-state index contributed by atoms with van der Waals surface area (Å²) in [6.07, 6.45) is 1.40. The Hall–Kier alpha value is -3.02. The van der Waals surface area contributed by atoms with Crippen LogP contribution in [0.3, 0.4) is 0 Å². The molecule has 2 aromatic rings. The van der Waals surface area contributed by atoms with Gasteiger partial charge in [0, 0.05) is 12.8 Å². The molecule has 30 heavy (non-hydrogen) atoms. The Labute approximate surface area is 178 Å². The molecule has 0 heterocycles. The maximum absolute atomic E-state index is 12.1. The lowest BCUT2D eigenvalue weighted by Crippen LogP contribution is -2.12. The molecule has 6 heteroatoms. The molecule has 2 rings (SSSR count). The number of ether oxygens (including phenoxy) is 4. The average Bonchev–Trinajstić information content (AvgIpc) is 2.67. The van der Waals surface area contributed by atoms with E-state index >= 15 is 0 Å². The fourth-order valence-corrected chi connectivity index (χ4v) is 2.66. The fourth-order valence-electron chi connectivity index (χ4n) is 2.66. The SMILES string of the molecule is CC(C)Oc1ccccc1OC(=O)CCCCC(=O)Oc1ccccc1OC(C)C. The van der Waals surface area contributed by atoms with E-state index in [0.717, 1.165) is 0 Å². The van der Waals surface area contributed by atoms with Crippen molar-refractivity contribution in [1.29, 1.82) is 0 Å². The standard InChI is InChI=1S/C24H30O6/c1-17(2)27-19-11-5-7-13-21(19)29-23(25)15-9-10-16-24(26)30-22-14-8-6-12-20(22)28-18(3)4/h5-8,11-14,17-18H,9-10,15-16H2,1-4H3. The minimum atomic E-state index is -0.362. The van der Waals surface area contributed by atoms with Crippen LogP contribution < -0.4 is 18.9 Å². The summed E-state index contributed by atoms with van der Waals surface area (Å²) in [5.41, 5.74) is 0. The third-order valence-electron chi connectivity index (χ3n) is 3.88. The quantitative estimate of drug-likeness (QED) is 0.281. The summed E-state index contributed by atoms with van der Waals surface area (Å²) >= 11 is 0. The Balaban J connectivity index is 1.75. The van der Waals surface area contributed by atoms with Crippen LogP contribution in [0.2, 0.25) is 0 Å². The lowest BCUT2D eigenvalue weighted by Gasteiger charge is -2.14. The highest BCUT2D eigenvalue weighted by Gasteiger charge is 2.13. The topological polar surface area (TPSA) is 71.1 Å². The van der Waals surface area contributed by atoms with Gasteiger partial charge in [-0.25, -0.2) is 0 Å². The Morgan fingerprint density at radius 2 is 0.967 bits per heavy atom. The van der Waals surface area contributed by atoms with Gasteiger partial charge in [0.1, 0.15) is 0 Å². The average molecular weight is 414 g/mol. The smallest absolute Gasteiger partial charge is 0.311 e. The third-order valence-corrected chi connectivity index (χ3v) is 3.88. The van der Waals surface area contributed by atoms with Gasteiger partial charge in [-0.2, -0.15) is 0 Å². The molecule has 0 aliphatic rings. The van der Waals surface area contributed by atoms with Crippen LogP contribution in [-0.4, -0.2) is 24.1 Å². The normalized spacial score (nSPS) is 10.7. The van der Waals surface area contributed by atoms with E-state index in [2.05, 4.69) is 0 Å². The van der Waals surface area contributed by atoms with Crippen molar-refractivity contribution in [1.82, 2.24) is 0 Å². The van der Waals surface area contributed by atoms with Crippen molar-refractivity contribution < 1.29 is 28.5 Å². The van der Waals surface area contributed by atoms with Gasteiger partial charge in [0.05, 0.1) is 12.2 Å². The number of para-hydroxylation sites is 4. The second-order valence-corrected chi connectivity index (χ2v) is 7.38. The molecule has 0 atom stereocenters. The van der Waals surface area contributed by atoms with Gasteiger partial charge in [0.25, 0.3) is 0 Å². The number of esters is 2. The Kier molecular flexibility index (Phi) is 9.19. The lowest BCUT2D eigenvalue weighted by molar-refractivity contribution is -0.136. The van der Waals surface area contributed by atoms with Crippen molar-refractivity contribution in [3.63, 3.8) is 0 Å². The zero-order valence-electron chi connectivity index (χ0n) is 18.1. The van der Waals surface area contributed by atoms with Gasteiger partial charge in [-0.3, -0.25) is 9.59 Å². The van der Waals surface area contributed by atoms with Crippen LogP contribution >= 0.6 is 0 Å². The maximum atomic E-state index is 12.1. The highest BCUT2D eigenvalue weighted by atomic mass is 16.6. The number of hydrogen-bond acceptors (Lipinski definition) is 6. The zero-order valence-corrected chi connectivity index (χ0v) is 18.1. The molecule has 0 saturated heterocycles. The molecule has 162 valence electrons. The second-order valence-electron chi connectivity index (χ2n) is 7.38. The fraction of sp³-hybridized carbons (Fsp3) is 0.417. The predicted molar refractivity (Wildman–Crippen MR) is 114 cm³/mol. The van der Waals surface area contributed by atoms with E-state index in [4.69, 9.17) is 18.9 Å². The molecule has 0 unspecified atom stereocenters. The number of rotatable bonds is 11. The van der Waals surface area contributed by atoms with E-state index < -0.39 is 0 Å². The number of unbranched alkanes of at least 4 members (excludes halogenated alkanes) is 1. The van der Waals surface area contributed by atoms with Gasteiger partial charge in [-0.05, 0) is 64.8 Å². The number of benzene rings is 2. The maximum Gasteiger partial charge on any atom is 0.311 e. The second kappa shape index (κ2) is 11.9. The van der Waals surface area contributed by atoms with E-state index in [1.165, 1.54) is 0 Å². The van der Waals surface area contributed by atoms with Gasteiger partial charge in [-0.1, -0.05) is 24.3 Å². The summed E-state index contributed by atoms with van der Waals surface area (Å²) in [6, 6.07) is 14.1.